The van der Waals surface area contributed by atoms with Gasteiger partial charge in [0.25, 0.3) is 5.92 Å². The highest BCUT2D eigenvalue weighted by Crippen LogP contribution is 2.70. The summed E-state index contributed by atoms with van der Waals surface area (Å²) in [7, 11) is 0. The topological polar surface area (TPSA) is 50.2 Å². The van der Waals surface area contributed by atoms with Gasteiger partial charge in [-0.25, -0.2) is 8.78 Å². The van der Waals surface area contributed by atoms with E-state index in [0.717, 1.165) is 6.92 Å². The highest BCUT2D eigenvalue weighted by molar-refractivity contribution is 9.10. The van der Waals surface area contributed by atoms with Crippen molar-refractivity contribution in [3.8, 4) is 0 Å². The molecule has 6 heteroatoms. The Morgan fingerprint density at radius 3 is 2.56 bits per heavy atom. The van der Waals surface area contributed by atoms with E-state index in [1.54, 1.807) is 6.07 Å². The molecule has 1 heterocycles. The summed E-state index contributed by atoms with van der Waals surface area (Å²) in [5.74, 6) is -6.07. The first-order valence-corrected chi connectivity index (χ1v) is 5.33. The number of halogens is 3. The molecule has 16 heavy (non-hydrogen) atoms. The summed E-state index contributed by atoms with van der Waals surface area (Å²) >= 11 is 3.13. The molecule has 1 N–H and O–H groups in total. The summed E-state index contributed by atoms with van der Waals surface area (Å²) in [5.41, 5.74) is -1.92. The van der Waals surface area contributed by atoms with Crippen molar-refractivity contribution in [1.29, 1.82) is 0 Å². The van der Waals surface area contributed by atoms with Gasteiger partial charge < -0.3 is 5.11 Å². The zero-order chi connectivity index (χ0) is 12.1. The van der Waals surface area contributed by atoms with Gasteiger partial charge in [-0.3, -0.25) is 9.78 Å². The monoisotopic (exact) mass is 291 g/mol. The molecule has 1 aliphatic carbocycles. The molecule has 1 saturated carbocycles. The number of hydrogen-bond donors (Lipinski definition) is 1. The van der Waals surface area contributed by atoms with Gasteiger partial charge in [0.2, 0.25) is 0 Å². The first-order chi connectivity index (χ1) is 7.31. The van der Waals surface area contributed by atoms with E-state index in [-0.39, 0.29) is 5.69 Å². The van der Waals surface area contributed by atoms with Gasteiger partial charge in [0.15, 0.2) is 0 Å². The van der Waals surface area contributed by atoms with Crippen molar-refractivity contribution in [3.63, 3.8) is 0 Å². The van der Waals surface area contributed by atoms with Crippen LogP contribution < -0.4 is 0 Å². The molecule has 2 atom stereocenters. The Labute approximate surface area is 98.6 Å². The molecule has 1 fully saturated rings. The fourth-order valence-electron chi connectivity index (χ4n) is 1.84. The number of rotatable bonds is 2. The third kappa shape index (κ3) is 1.29. The molecule has 1 aromatic heterocycles. The minimum absolute atomic E-state index is 0.109. The smallest absolute Gasteiger partial charge is 0.316 e. The Morgan fingerprint density at radius 2 is 2.19 bits per heavy atom. The standard InChI is InChI=1S/C10H8BrF2NO2/c1-9(8(15)16)7(10(9,12)13)6-3-2-5(11)4-14-6/h2-4,7H,1H3,(H,15,16). The second kappa shape index (κ2) is 3.23. The molecule has 0 radical (unpaired) electrons. The van der Waals surface area contributed by atoms with Gasteiger partial charge in [0, 0.05) is 10.7 Å². The molecule has 0 amide bonds. The van der Waals surface area contributed by atoms with Gasteiger partial charge >= 0.3 is 5.97 Å². The van der Waals surface area contributed by atoms with Crippen molar-refractivity contribution in [2.24, 2.45) is 5.41 Å². The van der Waals surface area contributed by atoms with Gasteiger partial charge in [-0.1, -0.05) is 0 Å². The summed E-state index contributed by atoms with van der Waals surface area (Å²) < 4.78 is 27.6. The highest BCUT2D eigenvalue weighted by Gasteiger charge is 2.83. The number of hydrogen-bond acceptors (Lipinski definition) is 2. The summed E-state index contributed by atoms with van der Waals surface area (Å²) in [5, 5.41) is 8.82. The van der Waals surface area contributed by atoms with Gasteiger partial charge in [-0.15, -0.1) is 0 Å². The Hall–Kier alpha value is -1.04. The van der Waals surface area contributed by atoms with Crippen LogP contribution in [0.3, 0.4) is 0 Å². The van der Waals surface area contributed by atoms with Crippen LogP contribution in [0.25, 0.3) is 0 Å². The lowest BCUT2D eigenvalue weighted by molar-refractivity contribution is -0.146. The Balaban J connectivity index is 2.38. The van der Waals surface area contributed by atoms with Gasteiger partial charge in [0.1, 0.15) is 5.41 Å². The Morgan fingerprint density at radius 1 is 1.56 bits per heavy atom. The van der Waals surface area contributed by atoms with E-state index in [1.165, 1.54) is 12.3 Å². The van der Waals surface area contributed by atoms with Crippen molar-refractivity contribution in [2.45, 2.75) is 18.8 Å². The third-order valence-corrected chi connectivity index (χ3v) is 3.51. The average Bonchev–Trinajstić information content (AvgIpc) is 2.65. The van der Waals surface area contributed by atoms with Crippen LogP contribution in [0.4, 0.5) is 8.78 Å². The minimum atomic E-state index is -3.24. The quantitative estimate of drug-likeness (QED) is 0.911. The van der Waals surface area contributed by atoms with Crippen LogP contribution in [0.2, 0.25) is 0 Å². The maximum atomic E-state index is 13.4. The molecule has 2 unspecified atom stereocenters. The highest BCUT2D eigenvalue weighted by atomic mass is 79.9. The van der Waals surface area contributed by atoms with Crippen LogP contribution in [0.5, 0.6) is 0 Å². The second-order valence-electron chi connectivity index (χ2n) is 3.96. The van der Waals surface area contributed by atoms with Crippen LogP contribution in [0, 0.1) is 5.41 Å². The van der Waals surface area contributed by atoms with Crippen molar-refractivity contribution >= 4 is 21.9 Å². The Bertz CT molecular complexity index is 449. The molecular weight excluding hydrogens is 284 g/mol. The number of alkyl halides is 2. The summed E-state index contributed by atoms with van der Waals surface area (Å²) in [6.45, 7) is 1.05. The van der Waals surface area contributed by atoms with Crippen LogP contribution in [0.15, 0.2) is 22.8 Å². The van der Waals surface area contributed by atoms with E-state index in [1.807, 2.05) is 0 Å². The van der Waals surface area contributed by atoms with E-state index in [2.05, 4.69) is 20.9 Å². The third-order valence-electron chi connectivity index (χ3n) is 3.04. The van der Waals surface area contributed by atoms with Crippen LogP contribution in [0.1, 0.15) is 18.5 Å². The maximum Gasteiger partial charge on any atom is 0.316 e. The van der Waals surface area contributed by atoms with Crippen LogP contribution >= 0.6 is 15.9 Å². The van der Waals surface area contributed by atoms with E-state index < -0.39 is 23.2 Å². The lowest BCUT2D eigenvalue weighted by Gasteiger charge is -2.01. The molecule has 3 nitrogen and oxygen atoms in total. The van der Waals surface area contributed by atoms with Crippen molar-refractivity contribution < 1.29 is 18.7 Å². The molecule has 0 aliphatic heterocycles. The molecule has 0 aromatic carbocycles. The first kappa shape index (κ1) is 11.4. The first-order valence-electron chi connectivity index (χ1n) is 4.54. The maximum absolute atomic E-state index is 13.4. The lowest BCUT2D eigenvalue weighted by Crippen LogP contribution is -2.18. The van der Waals surface area contributed by atoms with Crippen molar-refractivity contribution in [3.05, 3.63) is 28.5 Å². The van der Waals surface area contributed by atoms with Gasteiger partial charge in [-0.2, -0.15) is 0 Å². The fourth-order valence-corrected chi connectivity index (χ4v) is 2.07. The minimum Gasteiger partial charge on any atom is -0.481 e. The zero-order valence-corrected chi connectivity index (χ0v) is 9.83. The number of carboxylic acids is 1. The SMILES string of the molecule is CC1(C(=O)O)C(c2ccc(Br)cn2)C1(F)F. The predicted octanol–water partition coefficient (Wildman–Crippen LogP) is 2.67. The largest absolute Gasteiger partial charge is 0.481 e. The summed E-state index contributed by atoms with van der Waals surface area (Å²) in [6, 6.07) is 2.98. The summed E-state index contributed by atoms with van der Waals surface area (Å²) in [6.07, 6.45) is 1.38. The molecule has 0 spiro atoms. The van der Waals surface area contributed by atoms with Crippen LogP contribution in [-0.2, 0) is 4.79 Å². The molecule has 1 aliphatic rings. The number of nitrogens with zero attached hydrogens (tertiary/aromatic N) is 1. The second-order valence-corrected chi connectivity index (χ2v) is 4.88. The molecule has 0 saturated heterocycles. The number of carboxylic acid groups (broad SMARTS) is 1. The number of aromatic nitrogens is 1. The van der Waals surface area contributed by atoms with Gasteiger partial charge in [0.05, 0.1) is 11.6 Å². The number of pyridine rings is 1. The number of aliphatic carboxylic acids is 1. The van der Waals surface area contributed by atoms with Crippen molar-refractivity contribution in [2.75, 3.05) is 0 Å². The molecule has 0 bridgehead atoms. The molecule has 2 rings (SSSR count). The number of carbonyl (C=O) groups is 1. The zero-order valence-electron chi connectivity index (χ0n) is 8.25. The van der Waals surface area contributed by atoms with Gasteiger partial charge in [-0.05, 0) is 35.0 Å². The Kier molecular flexibility index (Phi) is 2.31. The summed E-state index contributed by atoms with van der Waals surface area (Å²) in [4.78, 5) is 14.7. The van der Waals surface area contributed by atoms with E-state index in [4.69, 9.17) is 5.11 Å². The van der Waals surface area contributed by atoms with Crippen molar-refractivity contribution in [1.82, 2.24) is 4.98 Å². The van der Waals surface area contributed by atoms with E-state index in [9.17, 15) is 13.6 Å². The predicted molar refractivity (Wildman–Crippen MR) is 55.4 cm³/mol. The van der Waals surface area contributed by atoms with Crippen LogP contribution in [-0.4, -0.2) is 22.0 Å². The molecule has 1 aromatic rings. The lowest BCUT2D eigenvalue weighted by atomic mass is 10.1. The normalized spacial score (nSPS) is 31.1. The fraction of sp³-hybridized carbons (Fsp3) is 0.400. The average molecular weight is 292 g/mol. The molecular formula is C10H8BrF2NO2. The van der Waals surface area contributed by atoms with E-state index >= 15 is 0 Å². The molecule has 86 valence electrons. The van der Waals surface area contributed by atoms with E-state index in [0.29, 0.717) is 4.47 Å².